The predicted molar refractivity (Wildman–Crippen MR) is 121 cm³/mol. The molecule has 164 valence electrons. The molecule has 0 saturated heterocycles. The molecule has 0 bridgehead atoms. The summed E-state index contributed by atoms with van der Waals surface area (Å²) in [6.07, 6.45) is 7.83. The summed E-state index contributed by atoms with van der Waals surface area (Å²) in [5.41, 5.74) is 3.23. The first-order valence-corrected chi connectivity index (χ1v) is 10.9. The second kappa shape index (κ2) is 11.3. The average Bonchev–Trinajstić information content (AvgIpc) is 3.30. The SMILES string of the molecule is COC(=O)/C(=C\c1ccc(OCc2cccc(C)c2)cc1)NC(=O)CCC1CCCC1. The Labute approximate surface area is 184 Å². The summed E-state index contributed by atoms with van der Waals surface area (Å²) in [6, 6.07) is 15.6. The first-order chi connectivity index (χ1) is 15.0. The summed E-state index contributed by atoms with van der Waals surface area (Å²) in [6.45, 7) is 2.54. The molecule has 0 unspecified atom stereocenters. The summed E-state index contributed by atoms with van der Waals surface area (Å²) in [7, 11) is 1.31. The highest BCUT2D eigenvalue weighted by Gasteiger charge is 2.18. The number of aryl methyl sites for hydroxylation is 1. The van der Waals surface area contributed by atoms with Crippen LogP contribution in [0.3, 0.4) is 0 Å². The van der Waals surface area contributed by atoms with Gasteiger partial charge in [-0.05, 0) is 48.6 Å². The van der Waals surface area contributed by atoms with E-state index in [9.17, 15) is 9.59 Å². The van der Waals surface area contributed by atoms with Crippen LogP contribution in [0.25, 0.3) is 6.08 Å². The molecular weight excluding hydrogens is 390 g/mol. The molecule has 1 amide bonds. The predicted octanol–water partition coefficient (Wildman–Crippen LogP) is 5.17. The Kier molecular flexibility index (Phi) is 8.27. The molecule has 5 heteroatoms. The first-order valence-electron chi connectivity index (χ1n) is 10.9. The second-order valence-corrected chi connectivity index (χ2v) is 8.13. The van der Waals surface area contributed by atoms with E-state index in [4.69, 9.17) is 9.47 Å². The van der Waals surface area contributed by atoms with Crippen molar-refractivity contribution < 1.29 is 19.1 Å². The van der Waals surface area contributed by atoms with Gasteiger partial charge in [0.25, 0.3) is 0 Å². The van der Waals surface area contributed by atoms with Crippen LogP contribution in [-0.2, 0) is 20.9 Å². The van der Waals surface area contributed by atoms with Gasteiger partial charge in [-0.25, -0.2) is 4.79 Å². The van der Waals surface area contributed by atoms with E-state index < -0.39 is 5.97 Å². The number of benzene rings is 2. The Bertz CT molecular complexity index is 911. The fourth-order valence-corrected chi connectivity index (χ4v) is 3.90. The molecule has 1 N–H and O–H groups in total. The van der Waals surface area contributed by atoms with E-state index in [0.717, 1.165) is 23.3 Å². The van der Waals surface area contributed by atoms with Crippen LogP contribution in [-0.4, -0.2) is 19.0 Å². The molecule has 1 aliphatic carbocycles. The van der Waals surface area contributed by atoms with Crippen molar-refractivity contribution in [3.63, 3.8) is 0 Å². The Morgan fingerprint density at radius 2 is 1.84 bits per heavy atom. The molecule has 5 nitrogen and oxygen atoms in total. The molecule has 0 heterocycles. The van der Waals surface area contributed by atoms with Gasteiger partial charge in [0.15, 0.2) is 0 Å². The van der Waals surface area contributed by atoms with Crippen molar-refractivity contribution in [2.75, 3.05) is 7.11 Å². The van der Waals surface area contributed by atoms with Gasteiger partial charge in [-0.2, -0.15) is 0 Å². The smallest absolute Gasteiger partial charge is 0.354 e. The number of rotatable bonds is 9. The van der Waals surface area contributed by atoms with Crippen LogP contribution in [0.2, 0.25) is 0 Å². The maximum Gasteiger partial charge on any atom is 0.354 e. The molecule has 0 spiro atoms. The quantitative estimate of drug-likeness (QED) is 0.448. The Balaban J connectivity index is 1.58. The number of nitrogens with one attached hydrogen (secondary N) is 1. The fourth-order valence-electron chi connectivity index (χ4n) is 3.90. The molecule has 1 saturated carbocycles. The lowest BCUT2D eigenvalue weighted by Gasteiger charge is -2.11. The Morgan fingerprint density at radius 1 is 1.10 bits per heavy atom. The Hall–Kier alpha value is -3.08. The third kappa shape index (κ3) is 7.28. The van der Waals surface area contributed by atoms with E-state index in [2.05, 4.69) is 24.4 Å². The van der Waals surface area contributed by atoms with Crippen LogP contribution in [0, 0.1) is 12.8 Å². The monoisotopic (exact) mass is 421 g/mol. The van der Waals surface area contributed by atoms with Gasteiger partial charge in [0, 0.05) is 6.42 Å². The summed E-state index contributed by atoms with van der Waals surface area (Å²) >= 11 is 0. The van der Waals surface area contributed by atoms with Crippen LogP contribution in [0.15, 0.2) is 54.2 Å². The van der Waals surface area contributed by atoms with E-state index in [-0.39, 0.29) is 11.6 Å². The van der Waals surface area contributed by atoms with Crippen LogP contribution in [0.5, 0.6) is 5.75 Å². The van der Waals surface area contributed by atoms with Gasteiger partial charge >= 0.3 is 5.97 Å². The molecule has 0 aromatic heterocycles. The summed E-state index contributed by atoms with van der Waals surface area (Å²) in [5, 5.41) is 2.72. The van der Waals surface area contributed by atoms with E-state index in [0.29, 0.717) is 18.9 Å². The number of carbonyl (C=O) groups excluding carboxylic acids is 2. The minimum atomic E-state index is -0.561. The zero-order valence-corrected chi connectivity index (χ0v) is 18.4. The molecule has 0 radical (unpaired) electrons. The van der Waals surface area contributed by atoms with E-state index >= 15 is 0 Å². The summed E-state index contributed by atoms with van der Waals surface area (Å²) < 4.78 is 10.7. The van der Waals surface area contributed by atoms with Crippen LogP contribution in [0.4, 0.5) is 0 Å². The van der Waals surface area contributed by atoms with Crippen molar-refractivity contribution >= 4 is 18.0 Å². The fraction of sp³-hybridized carbons (Fsp3) is 0.385. The molecule has 1 fully saturated rings. The number of esters is 1. The number of hydrogen-bond donors (Lipinski definition) is 1. The zero-order valence-electron chi connectivity index (χ0n) is 18.4. The first kappa shape index (κ1) is 22.6. The minimum absolute atomic E-state index is 0.146. The van der Waals surface area contributed by atoms with Crippen LogP contribution in [0.1, 0.15) is 55.2 Å². The molecule has 31 heavy (non-hydrogen) atoms. The maximum absolute atomic E-state index is 12.3. The van der Waals surface area contributed by atoms with Crippen molar-refractivity contribution in [3.8, 4) is 5.75 Å². The number of ether oxygens (including phenoxy) is 2. The van der Waals surface area contributed by atoms with Crippen molar-refractivity contribution in [2.45, 2.75) is 52.1 Å². The lowest BCUT2D eigenvalue weighted by atomic mass is 10.0. The zero-order chi connectivity index (χ0) is 22.1. The van der Waals surface area contributed by atoms with Gasteiger partial charge < -0.3 is 14.8 Å². The number of carbonyl (C=O) groups is 2. The highest BCUT2D eigenvalue weighted by Crippen LogP contribution is 2.28. The molecule has 0 atom stereocenters. The lowest BCUT2D eigenvalue weighted by molar-refractivity contribution is -0.137. The largest absolute Gasteiger partial charge is 0.489 e. The molecular formula is C26H31NO4. The van der Waals surface area contributed by atoms with Crippen molar-refractivity contribution in [1.29, 1.82) is 0 Å². The summed E-state index contributed by atoms with van der Waals surface area (Å²) in [4.78, 5) is 24.5. The van der Waals surface area contributed by atoms with Gasteiger partial charge in [-0.3, -0.25) is 4.79 Å². The molecule has 2 aromatic rings. The van der Waals surface area contributed by atoms with E-state index in [1.165, 1.54) is 38.4 Å². The third-order valence-electron chi connectivity index (χ3n) is 5.61. The van der Waals surface area contributed by atoms with Gasteiger partial charge in [-0.1, -0.05) is 67.6 Å². The standard InChI is InChI=1S/C26H31NO4/c1-19-6-5-9-22(16-19)18-31-23-13-10-21(11-14-23)17-24(26(29)30-2)27-25(28)15-12-20-7-3-4-8-20/h5-6,9-11,13-14,16-17,20H,3-4,7-8,12,15,18H2,1-2H3,(H,27,28)/b24-17+. The van der Waals surface area contributed by atoms with Crippen LogP contribution < -0.4 is 10.1 Å². The van der Waals surface area contributed by atoms with Gasteiger partial charge in [0.05, 0.1) is 7.11 Å². The second-order valence-electron chi connectivity index (χ2n) is 8.13. The highest BCUT2D eigenvalue weighted by atomic mass is 16.5. The lowest BCUT2D eigenvalue weighted by Crippen LogP contribution is -2.28. The van der Waals surface area contributed by atoms with Crippen molar-refractivity contribution in [3.05, 3.63) is 70.9 Å². The number of amides is 1. The maximum atomic E-state index is 12.3. The van der Waals surface area contributed by atoms with Crippen molar-refractivity contribution in [2.24, 2.45) is 5.92 Å². The topological polar surface area (TPSA) is 64.6 Å². The molecule has 0 aliphatic heterocycles. The van der Waals surface area contributed by atoms with E-state index in [1.807, 2.05) is 36.4 Å². The summed E-state index contributed by atoms with van der Waals surface area (Å²) in [5.74, 6) is 0.651. The van der Waals surface area contributed by atoms with Crippen LogP contribution >= 0.6 is 0 Å². The Morgan fingerprint density at radius 3 is 2.52 bits per heavy atom. The average molecular weight is 422 g/mol. The molecule has 2 aromatic carbocycles. The normalized spacial score (nSPS) is 14.3. The molecule has 3 rings (SSSR count). The van der Waals surface area contributed by atoms with E-state index in [1.54, 1.807) is 6.08 Å². The minimum Gasteiger partial charge on any atom is -0.489 e. The highest BCUT2D eigenvalue weighted by molar-refractivity contribution is 5.97. The number of methoxy groups -OCH3 is 1. The third-order valence-corrected chi connectivity index (χ3v) is 5.61. The van der Waals surface area contributed by atoms with Crippen molar-refractivity contribution in [1.82, 2.24) is 5.32 Å². The number of hydrogen-bond acceptors (Lipinski definition) is 4. The van der Waals surface area contributed by atoms with Gasteiger partial charge in [0.1, 0.15) is 18.1 Å². The molecule has 1 aliphatic rings. The van der Waals surface area contributed by atoms with Gasteiger partial charge in [0.2, 0.25) is 5.91 Å². The van der Waals surface area contributed by atoms with Gasteiger partial charge in [-0.15, -0.1) is 0 Å².